The summed E-state index contributed by atoms with van der Waals surface area (Å²) in [6.07, 6.45) is 0.651. The lowest BCUT2D eigenvalue weighted by atomic mass is 10.1. The molecule has 0 aromatic heterocycles. The first kappa shape index (κ1) is 13.5. The Morgan fingerprint density at radius 3 is 2.74 bits per heavy atom. The third-order valence-electron chi connectivity index (χ3n) is 3.30. The molecule has 1 aliphatic rings. The minimum absolute atomic E-state index is 0.0235. The maximum absolute atomic E-state index is 11.9. The predicted molar refractivity (Wildman–Crippen MR) is 72.2 cm³/mol. The van der Waals surface area contributed by atoms with E-state index in [-0.39, 0.29) is 24.9 Å². The quantitative estimate of drug-likeness (QED) is 0.854. The van der Waals surface area contributed by atoms with Crippen LogP contribution in [0.25, 0.3) is 0 Å². The number of hydrogen-bond acceptors (Lipinski definition) is 3. The van der Waals surface area contributed by atoms with Crippen LogP contribution in [0.15, 0.2) is 24.3 Å². The Labute approximate surface area is 112 Å². The molecular weight excluding hydrogens is 244 g/mol. The van der Waals surface area contributed by atoms with E-state index >= 15 is 0 Å². The summed E-state index contributed by atoms with van der Waals surface area (Å²) in [5.74, 6) is -0.781. The highest BCUT2D eigenvalue weighted by Gasteiger charge is 2.26. The molecule has 102 valence electrons. The van der Waals surface area contributed by atoms with Crippen LogP contribution in [-0.2, 0) is 9.59 Å². The zero-order valence-corrected chi connectivity index (χ0v) is 10.9. The summed E-state index contributed by atoms with van der Waals surface area (Å²) in [5, 5.41) is 11.8. The van der Waals surface area contributed by atoms with E-state index in [4.69, 9.17) is 5.11 Å². The van der Waals surface area contributed by atoms with Crippen molar-refractivity contribution in [2.75, 3.05) is 18.0 Å². The molecule has 2 N–H and O–H groups in total. The fourth-order valence-corrected chi connectivity index (χ4v) is 2.18. The molecule has 1 atom stereocenters. The van der Waals surface area contributed by atoms with Crippen LogP contribution in [0.5, 0.6) is 0 Å². The van der Waals surface area contributed by atoms with Crippen molar-refractivity contribution in [1.82, 2.24) is 5.32 Å². The number of nitrogens with one attached hydrogen (secondary N) is 1. The summed E-state index contributed by atoms with van der Waals surface area (Å²) in [4.78, 5) is 24.2. The average molecular weight is 262 g/mol. The van der Waals surface area contributed by atoms with E-state index < -0.39 is 5.97 Å². The van der Waals surface area contributed by atoms with E-state index in [1.165, 1.54) is 0 Å². The summed E-state index contributed by atoms with van der Waals surface area (Å²) >= 11 is 0. The standard InChI is InChI=1S/C14H18N2O3/c1-10-2-5-12(6-3-10)16-9-11(4-7-14(18)19)15-8-13(16)17/h2-3,5-6,11,15H,4,7-9H2,1H3,(H,18,19). The lowest BCUT2D eigenvalue weighted by molar-refractivity contribution is -0.137. The highest BCUT2D eigenvalue weighted by atomic mass is 16.4. The van der Waals surface area contributed by atoms with E-state index in [9.17, 15) is 9.59 Å². The number of nitrogens with zero attached hydrogens (tertiary/aromatic N) is 1. The topological polar surface area (TPSA) is 69.6 Å². The van der Waals surface area contributed by atoms with E-state index in [0.29, 0.717) is 13.0 Å². The van der Waals surface area contributed by atoms with Crippen LogP contribution in [0.2, 0.25) is 0 Å². The molecule has 1 aromatic rings. The molecule has 1 aliphatic heterocycles. The molecule has 0 bridgehead atoms. The molecule has 1 fully saturated rings. The summed E-state index contributed by atoms with van der Waals surface area (Å²) in [5.41, 5.74) is 2.02. The zero-order valence-electron chi connectivity index (χ0n) is 10.9. The monoisotopic (exact) mass is 262 g/mol. The molecule has 1 amide bonds. The van der Waals surface area contributed by atoms with Gasteiger partial charge in [-0.25, -0.2) is 0 Å². The van der Waals surface area contributed by atoms with Gasteiger partial charge in [0.05, 0.1) is 6.54 Å². The van der Waals surface area contributed by atoms with Crippen LogP contribution >= 0.6 is 0 Å². The Morgan fingerprint density at radius 1 is 1.42 bits per heavy atom. The summed E-state index contributed by atoms with van der Waals surface area (Å²) < 4.78 is 0. The zero-order chi connectivity index (χ0) is 13.8. The lowest BCUT2D eigenvalue weighted by Crippen LogP contribution is -2.54. The number of amides is 1. The number of rotatable bonds is 4. The molecule has 19 heavy (non-hydrogen) atoms. The third-order valence-corrected chi connectivity index (χ3v) is 3.30. The number of aryl methyl sites for hydroxylation is 1. The normalized spacial score (nSPS) is 19.5. The fraction of sp³-hybridized carbons (Fsp3) is 0.429. The molecule has 1 unspecified atom stereocenters. The van der Waals surface area contributed by atoms with Gasteiger partial charge in [-0.3, -0.25) is 9.59 Å². The van der Waals surface area contributed by atoms with E-state index in [1.54, 1.807) is 4.90 Å². The second-order valence-electron chi connectivity index (χ2n) is 4.85. The van der Waals surface area contributed by atoms with Gasteiger partial charge in [0.15, 0.2) is 0 Å². The van der Waals surface area contributed by atoms with Crippen molar-refractivity contribution in [3.8, 4) is 0 Å². The number of carboxylic acid groups (broad SMARTS) is 1. The Hall–Kier alpha value is -1.88. The maximum atomic E-state index is 11.9. The number of hydrogen-bond donors (Lipinski definition) is 2. The summed E-state index contributed by atoms with van der Waals surface area (Å²) in [6, 6.07) is 7.82. The Kier molecular flexibility index (Phi) is 4.16. The number of carboxylic acids is 1. The molecule has 0 spiro atoms. The minimum Gasteiger partial charge on any atom is -0.481 e. The molecule has 5 nitrogen and oxygen atoms in total. The first-order valence-corrected chi connectivity index (χ1v) is 6.38. The Bertz CT molecular complexity index is 470. The van der Waals surface area contributed by atoms with Gasteiger partial charge in [-0.05, 0) is 25.5 Å². The highest BCUT2D eigenvalue weighted by molar-refractivity contribution is 5.95. The van der Waals surface area contributed by atoms with Crippen molar-refractivity contribution in [2.24, 2.45) is 0 Å². The van der Waals surface area contributed by atoms with Crippen LogP contribution < -0.4 is 10.2 Å². The van der Waals surface area contributed by atoms with Gasteiger partial charge in [0.1, 0.15) is 0 Å². The Balaban J connectivity index is 2.04. The highest BCUT2D eigenvalue weighted by Crippen LogP contribution is 2.18. The van der Waals surface area contributed by atoms with Gasteiger partial charge in [0.2, 0.25) is 5.91 Å². The summed E-state index contributed by atoms with van der Waals surface area (Å²) in [6.45, 7) is 2.78. The smallest absolute Gasteiger partial charge is 0.303 e. The second-order valence-corrected chi connectivity index (χ2v) is 4.85. The van der Waals surface area contributed by atoms with Crippen LogP contribution in [0.3, 0.4) is 0 Å². The van der Waals surface area contributed by atoms with Crippen molar-refractivity contribution in [1.29, 1.82) is 0 Å². The number of anilines is 1. The van der Waals surface area contributed by atoms with Crippen LogP contribution in [-0.4, -0.2) is 36.1 Å². The molecule has 1 saturated heterocycles. The van der Waals surface area contributed by atoms with Crippen molar-refractivity contribution >= 4 is 17.6 Å². The molecule has 0 radical (unpaired) electrons. The van der Waals surface area contributed by atoms with E-state index in [1.807, 2.05) is 31.2 Å². The van der Waals surface area contributed by atoms with Gasteiger partial charge in [-0.2, -0.15) is 0 Å². The largest absolute Gasteiger partial charge is 0.481 e. The lowest BCUT2D eigenvalue weighted by Gasteiger charge is -2.33. The van der Waals surface area contributed by atoms with Crippen molar-refractivity contribution in [3.63, 3.8) is 0 Å². The molecular formula is C14H18N2O3. The number of aliphatic carboxylic acids is 1. The number of benzene rings is 1. The van der Waals surface area contributed by atoms with Gasteiger partial charge >= 0.3 is 5.97 Å². The number of carbonyl (C=O) groups excluding carboxylic acids is 1. The molecule has 1 heterocycles. The van der Waals surface area contributed by atoms with Gasteiger partial charge in [-0.15, -0.1) is 0 Å². The van der Waals surface area contributed by atoms with E-state index in [0.717, 1.165) is 11.3 Å². The average Bonchev–Trinajstić information content (AvgIpc) is 2.39. The van der Waals surface area contributed by atoms with Crippen LogP contribution in [0, 0.1) is 6.92 Å². The summed E-state index contributed by atoms with van der Waals surface area (Å²) in [7, 11) is 0. The van der Waals surface area contributed by atoms with Crippen molar-refractivity contribution < 1.29 is 14.7 Å². The molecule has 0 saturated carbocycles. The van der Waals surface area contributed by atoms with E-state index in [2.05, 4.69) is 5.32 Å². The van der Waals surface area contributed by atoms with Gasteiger partial charge in [-0.1, -0.05) is 17.7 Å². The SMILES string of the molecule is Cc1ccc(N2CC(CCC(=O)O)NCC2=O)cc1. The van der Waals surface area contributed by atoms with Crippen LogP contribution in [0.4, 0.5) is 5.69 Å². The second kappa shape index (κ2) is 5.84. The van der Waals surface area contributed by atoms with Crippen molar-refractivity contribution in [3.05, 3.63) is 29.8 Å². The minimum atomic E-state index is -0.805. The Morgan fingerprint density at radius 2 is 2.11 bits per heavy atom. The molecule has 1 aromatic carbocycles. The molecule has 5 heteroatoms. The van der Waals surface area contributed by atoms with Gasteiger partial charge < -0.3 is 15.3 Å². The predicted octanol–water partition coefficient (Wildman–Crippen LogP) is 1.16. The first-order chi connectivity index (χ1) is 9.06. The van der Waals surface area contributed by atoms with Crippen molar-refractivity contribution in [2.45, 2.75) is 25.8 Å². The first-order valence-electron chi connectivity index (χ1n) is 6.38. The number of piperazine rings is 1. The number of carbonyl (C=O) groups is 2. The van der Waals surface area contributed by atoms with Gasteiger partial charge in [0.25, 0.3) is 0 Å². The third kappa shape index (κ3) is 3.54. The molecule has 2 rings (SSSR count). The fourth-order valence-electron chi connectivity index (χ4n) is 2.18. The van der Waals surface area contributed by atoms with Gasteiger partial charge in [0, 0.05) is 24.7 Å². The van der Waals surface area contributed by atoms with Crippen LogP contribution in [0.1, 0.15) is 18.4 Å². The molecule has 0 aliphatic carbocycles. The maximum Gasteiger partial charge on any atom is 0.303 e.